The molecule has 0 saturated carbocycles. The number of rotatable bonds is 4. The summed E-state index contributed by atoms with van der Waals surface area (Å²) in [6, 6.07) is 43.5. The molecule has 0 amide bonds. The molecule has 4 aromatic carbocycles. The van der Waals surface area contributed by atoms with Crippen LogP contribution in [0.2, 0.25) is 0 Å². The van der Waals surface area contributed by atoms with Crippen molar-refractivity contribution in [1.82, 2.24) is 6.15 Å². The zero-order chi connectivity index (χ0) is 17.0. The molecular formula is C24H24BN. The van der Waals surface area contributed by atoms with Crippen LogP contribution < -0.4 is 28.0 Å². The fraction of sp³-hybridized carbons (Fsp3) is 0. The maximum Gasteiger partial charge on any atom is 0.108 e. The van der Waals surface area contributed by atoms with Gasteiger partial charge in [-0.1, -0.05) is 121 Å². The minimum Gasteiger partial charge on any atom is -0.369 e. The highest BCUT2D eigenvalue weighted by Crippen LogP contribution is 2.09. The SMILES string of the molecule is [NH4+].c1ccc([B-](c2ccccc2)(c2ccccc2)c2ccccc2)cc1. The van der Waals surface area contributed by atoms with Gasteiger partial charge in [-0.2, -0.15) is 21.9 Å². The van der Waals surface area contributed by atoms with Crippen molar-refractivity contribution in [3.8, 4) is 0 Å². The van der Waals surface area contributed by atoms with E-state index in [0.717, 1.165) is 0 Å². The maximum absolute atomic E-state index is 2.26. The fourth-order valence-electron chi connectivity index (χ4n) is 4.12. The predicted octanol–water partition coefficient (Wildman–Crippen LogP) is 3.44. The molecule has 26 heavy (non-hydrogen) atoms. The maximum atomic E-state index is 2.26. The average molecular weight is 337 g/mol. The van der Waals surface area contributed by atoms with Crippen LogP contribution in [-0.4, -0.2) is 6.15 Å². The van der Waals surface area contributed by atoms with Gasteiger partial charge >= 0.3 is 0 Å². The summed E-state index contributed by atoms with van der Waals surface area (Å²) in [5.41, 5.74) is 5.36. The molecule has 0 aliphatic rings. The van der Waals surface area contributed by atoms with Crippen molar-refractivity contribution in [3.05, 3.63) is 121 Å². The van der Waals surface area contributed by atoms with Gasteiger partial charge in [0.25, 0.3) is 0 Å². The standard InChI is InChI=1S/C24H20B.H3N/c1-5-13-21(14-6-1)25(22-15-7-2-8-16-22,23-17-9-3-10-18-23)24-19-11-4-12-20-24;/h1-20H;1H3/q-1;/p+1. The van der Waals surface area contributed by atoms with E-state index in [-0.39, 0.29) is 6.15 Å². The van der Waals surface area contributed by atoms with E-state index in [1.165, 1.54) is 21.9 Å². The summed E-state index contributed by atoms with van der Waals surface area (Å²) in [6.45, 7) is 0. The Morgan fingerprint density at radius 2 is 0.500 bits per heavy atom. The molecule has 0 aliphatic carbocycles. The molecule has 0 aromatic heterocycles. The van der Waals surface area contributed by atoms with Crippen LogP contribution in [0.3, 0.4) is 0 Å². The van der Waals surface area contributed by atoms with Crippen LogP contribution in [0.15, 0.2) is 121 Å². The van der Waals surface area contributed by atoms with E-state index in [0.29, 0.717) is 0 Å². The molecule has 0 aliphatic heterocycles. The molecule has 0 bridgehead atoms. The largest absolute Gasteiger partial charge is 0.369 e. The third-order valence-electron chi connectivity index (χ3n) is 5.20. The molecule has 4 aromatic rings. The quantitative estimate of drug-likeness (QED) is 0.554. The Morgan fingerprint density at radius 1 is 0.308 bits per heavy atom. The lowest BCUT2D eigenvalue weighted by molar-refractivity contribution is 1.66. The lowest BCUT2D eigenvalue weighted by Gasteiger charge is -2.44. The predicted molar refractivity (Wildman–Crippen MR) is 116 cm³/mol. The third-order valence-corrected chi connectivity index (χ3v) is 5.20. The van der Waals surface area contributed by atoms with Crippen LogP contribution in [0.1, 0.15) is 0 Å². The van der Waals surface area contributed by atoms with E-state index < -0.39 is 6.15 Å². The number of hydrogen-bond donors (Lipinski definition) is 1. The highest BCUT2D eigenvalue weighted by Gasteiger charge is 2.30. The minimum absolute atomic E-state index is 0. The van der Waals surface area contributed by atoms with E-state index in [4.69, 9.17) is 0 Å². The smallest absolute Gasteiger partial charge is 0.108 e. The fourth-order valence-corrected chi connectivity index (χ4v) is 4.12. The van der Waals surface area contributed by atoms with Gasteiger partial charge in [0.1, 0.15) is 6.15 Å². The highest BCUT2D eigenvalue weighted by molar-refractivity contribution is 7.19. The van der Waals surface area contributed by atoms with Crippen LogP contribution in [0.25, 0.3) is 0 Å². The summed E-state index contributed by atoms with van der Waals surface area (Å²) in [5.74, 6) is 0. The molecular weight excluding hydrogens is 313 g/mol. The zero-order valence-corrected chi connectivity index (χ0v) is 15.1. The molecule has 1 nitrogen and oxygen atoms in total. The molecule has 0 heterocycles. The number of hydrogen-bond acceptors (Lipinski definition) is 0. The first kappa shape index (κ1) is 17.7. The van der Waals surface area contributed by atoms with Crippen LogP contribution >= 0.6 is 0 Å². The van der Waals surface area contributed by atoms with Crippen LogP contribution in [0.5, 0.6) is 0 Å². The molecule has 0 atom stereocenters. The monoisotopic (exact) mass is 337 g/mol. The second-order valence-corrected chi connectivity index (χ2v) is 6.51. The van der Waals surface area contributed by atoms with Gasteiger partial charge in [-0.05, 0) is 0 Å². The molecule has 0 spiro atoms. The van der Waals surface area contributed by atoms with Gasteiger partial charge in [0, 0.05) is 0 Å². The highest BCUT2D eigenvalue weighted by atomic mass is 14.1. The molecule has 2 heteroatoms. The van der Waals surface area contributed by atoms with Crippen LogP contribution in [0.4, 0.5) is 0 Å². The molecule has 128 valence electrons. The third kappa shape index (κ3) is 2.96. The second-order valence-electron chi connectivity index (χ2n) is 6.51. The lowest BCUT2D eigenvalue weighted by Crippen LogP contribution is -2.74. The van der Waals surface area contributed by atoms with E-state index in [2.05, 4.69) is 121 Å². The van der Waals surface area contributed by atoms with E-state index in [1.807, 2.05) is 0 Å². The lowest BCUT2D eigenvalue weighted by atomic mass is 9.13. The summed E-state index contributed by atoms with van der Waals surface area (Å²) in [5, 5.41) is 0. The Balaban J connectivity index is 0.00000196. The Labute approximate surface area is 155 Å². The van der Waals surface area contributed by atoms with E-state index in [1.54, 1.807) is 0 Å². The molecule has 0 unspecified atom stereocenters. The van der Waals surface area contributed by atoms with Crippen molar-refractivity contribution in [2.75, 3.05) is 0 Å². The van der Waals surface area contributed by atoms with Gasteiger partial charge in [0.2, 0.25) is 0 Å². The Kier molecular flexibility index (Phi) is 5.35. The second kappa shape index (κ2) is 7.86. The first-order valence-electron chi connectivity index (χ1n) is 8.80. The summed E-state index contributed by atoms with van der Waals surface area (Å²) < 4.78 is 0. The Bertz CT molecular complexity index is 759. The van der Waals surface area contributed by atoms with Gasteiger partial charge in [0.05, 0.1) is 0 Å². The average Bonchev–Trinajstić information content (AvgIpc) is 2.72. The molecule has 0 radical (unpaired) electrons. The van der Waals surface area contributed by atoms with Crippen molar-refractivity contribution >= 4 is 28.0 Å². The molecule has 4 N–H and O–H groups in total. The summed E-state index contributed by atoms with van der Waals surface area (Å²) in [6.07, 6.45) is -1.22. The van der Waals surface area contributed by atoms with Gasteiger partial charge in [0.15, 0.2) is 0 Å². The first-order chi connectivity index (χ1) is 12.4. The molecule has 4 rings (SSSR count). The summed E-state index contributed by atoms with van der Waals surface area (Å²) >= 11 is 0. The van der Waals surface area contributed by atoms with Gasteiger partial charge in [-0.15, -0.1) is 0 Å². The summed E-state index contributed by atoms with van der Waals surface area (Å²) in [4.78, 5) is 0. The topological polar surface area (TPSA) is 36.5 Å². The zero-order valence-electron chi connectivity index (χ0n) is 15.1. The van der Waals surface area contributed by atoms with Gasteiger partial charge < -0.3 is 6.15 Å². The van der Waals surface area contributed by atoms with Crippen molar-refractivity contribution in [1.29, 1.82) is 0 Å². The first-order valence-corrected chi connectivity index (χ1v) is 8.80. The van der Waals surface area contributed by atoms with Crippen LogP contribution in [0, 0.1) is 0 Å². The number of benzene rings is 4. The Morgan fingerprint density at radius 3 is 0.692 bits per heavy atom. The number of quaternary nitrogens is 1. The normalized spacial score (nSPS) is 10.8. The molecule has 0 fully saturated rings. The minimum atomic E-state index is -1.22. The van der Waals surface area contributed by atoms with Crippen molar-refractivity contribution < 1.29 is 0 Å². The Hall–Kier alpha value is -3.10. The van der Waals surface area contributed by atoms with Crippen LogP contribution in [-0.2, 0) is 0 Å². The van der Waals surface area contributed by atoms with E-state index in [9.17, 15) is 0 Å². The summed E-state index contributed by atoms with van der Waals surface area (Å²) in [7, 11) is 0. The van der Waals surface area contributed by atoms with Gasteiger partial charge in [-0.25, -0.2) is 0 Å². The van der Waals surface area contributed by atoms with Crippen molar-refractivity contribution in [3.63, 3.8) is 0 Å². The molecule has 0 saturated heterocycles. The van der Waals surface area contributed by atoms with Crippen molar-refractivity contribution in [2.45, 2.75) is 0 Å². The van der Waals surface area contributed by atoms with Crippen molar-refractivity contribution in [2.24, 2.45) is 0 Å². The van der Waals surface area contributed by atoms with Gasteiger partial charge in [-0.3, -0.25) is 0 Å². The van der Waals surface area contributed by atoms with E-state index >= 15 is 0 Å².